The van der Waals surface area contributed by atoms with E-state index in [0.29, 0.717) is 22.6 Å². The number of methoxy groups -OCH3 is 1. The molecule has 0 bridgehead atoms. The maximum atomic E-state index is 14.1. The molecule has 0 aliphatic rings. The van der Waals surface area contributed by atoms with Gasteiger partial charge in [0.15, 0.2) is 0 Å². The summed E-state index contributed by atoms with van der Waals surface area (Å²) in [6.45, 7) is -0.136. The minimum Gasteiger partial charge on any atom is -0.486 e. The van der Waals surface area contributed by atoms with Crippen molar-refractivity contribution < 1.29 is 32.6 Å². The fraction of sp³-hybridized carbons (Fsp3) is 0.258. The summed E-state index contributed by atoms with van der Waals surface area (Å²) in [5.74, 6) is -1.52. The quantitative estimate of drug-likeness (QED) is 0.204. The van der Waals surface area contributed by atoms with Crippen molar-refractivity contribution in [1.29, 1.82) is 0 Å². The standard InChI is InChI=1S/C31H32F2N6O6/c1-38(2)27(40)12-5-4-8-23(36-31(43)44-3)29(41)35-24-10-7-15-39(30(24)42)17-26-34-22-9-6-11-25(28(22)37-26)45-18-19-13-14-20(32)16-21(19)33/h5-7,9-16,23H,4,8,17-18H2,1-3H3,(H,34,37)(H,35,41)(H,36,43)/b12-5+/t23-/m0/s1. The Morgan fingerprint density at radius 1 is 1.13 bits per heavy atom. The summed E-state index contributed by atoms with van der Waals surface area (Å²) in [6.07, 6.45) is 4.07. The monoisotopic (exact) mass is 622 g/mol. The first-order chi connectivity index (χ1) is 21.5. The third-order valence-corrected chi connectivity index (χ3v) is 6.64. The number of likely N-dealkylation sites (N-methyl/N-ethyl adjacent to an activating group) is 1. The molecule has 45 heavy (non-hydrogen) atoms. The number of allylic oxidation sites excluding steroid dienone is 1. The summed E-state index contributed by atoms with van der Waals surface area (Å²) in [7, 11) is 4.37. The number of nitrogens with zero attached hydrogens (tertiary/aromatic N) is 3. The highest BCUT2D eigenvalue weighted by molar-refractivity contribution is 5.96. The third-order valence-electron chi connectivity index (χ3n) is 6.64. The number of nitrogens with one attached hydrogen (secondary N) is 3. The first kappa shape index (κ1) is 32.4. The zero-order chi connectivity index (χ0) is 32.5. The van der Waals surface area contributed by atoms with E-state index in [4.69, 9.17) is 4.74 Å². The highest BCUT2D eigenvalue weighted by atomic mass is 19.1. The van der Waals surface area contributed by atoms with Gasteiger partial charge >= 0.3 is 6.09 Å². The first-order valence-electron chi connectivity index (χ1n) is 13.8. The van der Waals surface area contributed by atoms with Crippen molar-refractivity contribution in [3.63, 3.8) is 0 Å². The molecule has 1 atom stereocenters. The largest absolute Gasteiger partial charge is 0.486 e. The summed E-state index contributed by atoms with van der Waals surface area (Å²) in [5, 5.41) is 5.01. The number of halogens is 2. The van der Waals surface area contributed by atoms with Gasteiger partial charge in [-0.15, -0.1) is 0 Å². The smallest absolute Gasteiger partial charge is 0.407 e. The lowest BCUT2D eigenvalue weighted by atomic mass is 10.1. The predicted octanol–water partition coefficient (Wildman–Crippen LogP) is 3.72. The van der Waals surface area contributed by atoms with E-state index >= 15 is 0 Å². The van der Waals surface area contributed by atoms with Gasteiger partial charge in [0.2, 0.25) is 11.8 Å². The Hall–Kier alpha value is -5.53. The molecule has 0 saturated carbocycles. The Labute approximate surface area is 256 Å². The summed E-state index contributed by atoms with van der Waals surface area (Å²) in [4.78, 5) is 59.0. The van der Waals surface area contributed by atoms with Crippen LogP contribution < -0.4 is 20.9 Å². The molecule has 2 aromatic carbocycles. The van der Waals surface area contributed by atoms with Crippen molar-refractivity contribution >= 4 is 34.6 Å². The molecule has 0 aliphatic heterocycles. The van der Waals surface area contributed by atoms with Crippen LogP contribution in [-0.4, -0.2) is 64.6 Å². The van der Waals surface area contributed by atoms with Gasteiger partial charge in [-0.2, -0.15) is 0 Å². The summed E-state index contributed by atoms with van der Waals surface area (Å²) >= 11 is 0. The van der Waals surface area contributed by atoms with Crippen LogP contribution >= 0.6 is 0 Å². The minimum atomic E-state index is -1.05. The zero-order valence-corrected chi connectivity index (χ0v) is 24.8. The van der Waals surface area contributed by atoms with E-state index in [9.17, 15) is 28.0 Å². The predicted molar refractivity (Wildman–Crippen MR) is 162 cm³/mol. The topological polar surface area (TPSA) is 148 Å². The Bertz CT molecular complexity index is 1780. The van der Waals surface area contributed by atoms with Crippen LogP contribution in [0.25, 0.3) is 11.0 Å². The molecule has 236 valence electrons. The number of aromatic nitrogens is 3. The van der Waals surface area contributed by atoms with Crippen LogP contribution in [0.4, 0.5) is 19.3 Å². The maximum absolute atomic E-state index is 14.1. The lowest BCUT2D eigenvalue weighted by molar-refractivity contribution is -0.123. The number of anilines is 1. The van der Waals surface area contributed by atoms with Gasteiger partial charge in [-0.3, -0.25) is 14.4 Å². The number of para-hydroxylation sites is 1. The van der Waals surface area contributed by atoms with Crippen LogP contribution in [0, 0.1) is 11.6 Å². The van der Waals surface area contributed by atoms with Crippen molar-refractivity contribution in [3.8, 4) is 5.75 Å². The van der Waals surface area contributed by atoms with E-state index < -0.39 is 35.2 Å². The van der Waals surface area contributed by atoms with Gasteiger partial charge in [0.1, 0.15) is 47.1 Å². The molecular formula is C31H32F2N6O6. The molecule has 0 spiro atoms. The maximum Gasteiger partial charge on any atom is 0.407 e. The summed E-state index contributed by atoms with van der Waals surface area (Å²) < 4.78 is 39.0. The molecule has 2 aromatic heterocycles. The molecule has 0 aliphatic carbocycles. The van der Waals surface area contributed by atoms with E-state index in [1.807, 2.05) is 0 Å². The van der Waals surface area contributed by atoms with Gasteiger partial charge in [0.25, 0.3) is 5.56 Å². The molecule has 4 aromatic rings. The number of ether oxygens (including phenoxy) is 2. The second-order valence-corrected chi connectivity index (χ2v) is 10.1. The number of alkyl carbamates (subject to hydrolysis) is 1. The number of rotatable bonds is 12. The van der Waals surface area contributed by atoms with Gasteiger partial charge in [-0.25, -0.2) is 18.6 Å². The van der Waals surface area contributed by atoms with Gasteiger partial charge in [0, 0.05) is 31.9 Å². The van der Waals surface area contributed by atoms with Gasteiger partial charge < -0.3 is 34.6 Å². The highest BCUT2D eigenvalue weighted by Gasteiger charge is 2.22. The van der Waals surface area contributed by atoms with E-state index in [1.54, 1.807) is 44.4 Å². The second-order valence-electron chi connectivity index (χ2n) is 10.1. The fourth-order valence-corrected chi connectivity index (χ4v) is 4.25. The molecule has 2 heterocycles. The number of imidazole rings is 1. The molecule has 0 radical (unpaired) electrons. The highest BCUT2D eigenvalue weighted by Crippen LogP contribution is 2.25. The fourth-order valence-electron chi connectivity index (χ4n) is 4.25. The van der Waals surface area contributed by atoms with E-state index in [-0.39, 0.29) is 43.2 Å². The van der Waals surface area contributed by atoms with Crippen molar-refractivity contribution in [2.24, 2.45) is 0 Å². The number of benzene rings is 2. The van der Waals surface area contributed by atoms with Crippen molar-refractivity contribution in [2.75, 3.05) is 26.5 Å². The number of pyridine rings is 1. The number of aromatic amines is 1. The summed E-state index contributed by atoms with van der Waals surface area (Å²) in [5.41, 5.74) is 0.680. The minimum absolute atomic E-state index is 0.0117. The third kappa shape index (κ3) is 8.53. The molecule has 3 amide bonds. The lowest BCUT2D eigenvalue weighted by Gasteiger charge is -2.17. The van der Waals surface area contributed by atoms with Crippen LogP contribution in [0.3, 0.4) is 0 Å². The molecule has 0 unspecified atom stereocenters. The average Bonchev–Trinajstić information content (AvgIpc) is 3.43. The molecule has 0 saturated heterocycles. The number of H-pyrrole nitrogens is 1. The van der Waals surface area contributed by atoms with Crippen LogP contribution in [0.5, 0.6) is 5.75 Å². The Morgan fingerprint density at radius 2 is 1.93 bits per heavy atom. The molecule has 14 heteroatoms. The van der Waals surface area contributed by atoms with Crippen molar-refractivity contribution in [3.05, 3.63) is 100 Å². The van der Waals surface area contributed by atoms with Crippen molar-refractivity contribution in [2.45, 2.75) is 32.0 Å². The van der Waals surface area contributed by atoms with Crippen LogP contribution in [0.2, 0.25) is 0 Å². The molecule has 4 rings (SSSR count). The Morgan fingerprint density at radius 3 is 2.67 bits per heavy atom. The summed E-state index contributed by atoms with van der Waals surface area (Å²) in [6, 6.07) is 10.3. The van der Waals surface area contributed by atoms with E-state index in [2.05, 4.69) is 25.3 Å². The lowest BCUT2D eigenvalue weighted by Crippen LogP contribution is -2.44. The average molecular weight is 623 g/mol. The Kier molecular flexibility index (Phi) is 10.6. The number of fused-ring (bicyclic) bond motifs is 1. The van der Waals surface area contributed by atoms with E-state index in [1.165, 1.54) is 33.9 Å². The number of hydrogen-bond donors (Lipinski definition) is 3. The number of carbonyl (C=O) groups excluding carboxylic acids is 3. The number of amides is 3. The Balaban J connectivity index is 1.47. The van der Waals surface area contributed by atoms with Gasteiger partial charge in [0.05, 0.1) is 19.2 Å². The van der Waals surface area contributed by atoms with Crippen LogP contribution in [-0.2, 0) is 27.5 Å². The van der Waals surface area contributed by atoms with Crippen LogP contribution in [0.15, 0.2) is 71.7 Å². The number of hydrogen-bond acceptors (Lipinski definition) is 7. The van der Waals surface area contributed by atoms with Gasteiger partial charge in [-0.05, 0) is 55.3 Å². The van der Waals surface area contributed by atoms with E-state index in [0.717, 1.165) is 19.2 Å². The second kappa shape index (κ2) is 14.8. The zero-order valence-electron chi connectivity index (χ0n) is 24.8. The molecule has 3 N–H and O–H groups in total. The molecule has 12 nitrogen and oxygen atoms in total. The first-order valence-corrected chi connectivity index (χ1v) is 13.8. The van der Waals surface area contributed by atoms with Crippen molar-refractivity contribution in [1.82, 2.24) is 24.8 Å². The molecular weight excluding hydrogens is 590 g/mol. The van der Waals surface area contributed by atoms with Gasteiger partial charge in [-0.1, -0.05) is 12.1 Å². The normalized spacial score (nSPS) is 11.8. The molecule has 0 fully saturated rings. The number of carbonyl (C=O) groups is 3. The SMILES string of the molecule is COC(=O)N[C@@H](CC/C=C/C(=O)N(C)C)C(=O)Nc1cccn(Cc2nc3c(OCc4ccc(F)cc4F)cccc3[nH]2)c1=O. The van der Waals surface area contributed by atoms with Crippen LogP contribution in [0.1, 0.15) is 24.2 Å².